The minimum atomic E-state index is -3.53. The van der Waals surface area contributed by atoms with Crippen molar-refractivity contribution in [3.05, 3.63) is 12.4 Å². The monoisotopic (exact) mass is 316 g/mol. The van der Waals surface area contributed by atoms with E-state index in [1.807, 2.05) is 14.1 Å². The molecule has 8 heteroatoms. The van der Waals surface area contributed by atoms with Crippen molar-refractivity contribution >= 4 is 10.0 Å². The molecule has 1 aliphatic carbocycles. The quantitative estimate of drug-likeness (QED) is 0.706. The average molecular weight is 316 g/mol. The molecule has 0 aromatic carbocycles. The number of hydrogen-bond acceptors (Lipinski definition) is 5. The van der Waals surface area contributed by atoms with Crippen molar-refractivity contribution in [3.8, 4) is 0 Å². The number of sulfonamides is 1. The molecule has 0 unspecified atom stereocenters. The minimum absolute atomic E-state index is 0.0556. The molecule has 2 N–H and O–H groups in total. The first-order chi connectivity index (χ1) is 9.89. The summed E-state index contributed by atoms with van der Waals surface area (Å²) in [6.45, 7) is 0.989. The summed E-state index contributed by atoms with van der Waals surface area (Å²) in [6, 6.07) is 0. The zero-order valence-electron chi connectivity index (χ0n) is 12.6. The van der Waals surface area contributed by atoms with Gasteiger partial charge in [-0.2, -0.15) is 5.10 Å². The summed E-state index contributed by atoms with van der Waals surface area (Å²) in [5, 5.41) is 12.8. The van der Waals surface area contributed by atoms with Crippen LogP contribution in [0.5, 0.6) is 0 Å². The van der Waals surface area contributed by atoms with Crippen LogP contribution < -0.4 is 4.72 Å². The summed E-state index contributed by atoms with van der Waals surface area (Å²) < 4.78 is 28.8. The molecule has 0 saturated heterocycles. The molecule has 1 saturated carbocycles. The highest BCUT2D eigenvalue weighted by atomic mass is 32.2. The van der Waals surface area contributed by atoms with Crippen LogP contribution in [0.2, 0.25) is 0 Å². The van der Waals surface area contributed by atoms with Crippen LogP contribution in [0.4, 0.5) is 0 Å². The molecule has 1 aromatic rings. The highest BCUT2D eigenvalue weighted by Gasteiger charge is 2.39. The van der Waals surface area contributed by atoms with Crippen molar-refractivity contribution < 1.29 is 13.5 Å². The number of hydrogen-bond donors (Lipinski definition) is 2. The summed E-state index contributed by atoms with van der Waals surface area (Å²) in [6.07, 6.45) is 6.57. The summed E-state index contributed by atoms with van der Waals surface area (Å²) in [5.41, 5.74) is -0.0556. The van der Waals surface area contributed by atoms with Crippen LogP contribution in [0, 0.1) is 0 Å². The Morgan fingerprint density at radius 1 is 1.48 bits per heavy atom. The van der Waals surface area contributed by atoms with Gasteiger partial charge in [0.05, 0.1) is 6.20 Å². The number of aliphatic hydroxyl groups excluding tert-OH is 1. The molecule has 120 valence electrons. The van der Waals surface area contributed by atoms with E-state index in [9.17, 15) is 8.42 Å². The molecule has 0 atom stereocenters. The van der Waals surface area contributed by atoms with Gasteiger partial charge < -0.3 is 10.0 Å². The molecule has 1 aromatic heterocycles. The van der Waals surface area contributed by atoms with E-state index in [-0.39, 0.29) is 17.0 Å². The number of aryl methyl sites for hydroxylation is 1. The molecule has 2 rings (SSSR count). The van der Waals surface area contributed by atoms with Gasteiger partial charge in [-0.1, -0.05) is 0 Å². The average Bonchev–Trinajstić information content (AvgIpc) is 2.84. The second-order valence-electron chi connectivity index (χ2n) is 5.81. The van der Waals surface area contributed by atoms with Crippen molar-refractivity contribution in [3.63, 3.8) is 0 Å². The number of rotatable bonds is 8. The molecular weight excluding hydrogens is 292 g/mol. The number of nitrogens with zero attached hydrogens (tertiary/aromatic N) is 3. The van der Waals surface area contributed by atoms with Gasteiger partial charge in [0, 0.05) is 31.4 Å². The van der Waals surface area contributed by atoms with Crippen LogP contribution >= 0.6 is 0 Å². The third kappa shape index (κ3) is 3.63. The third-order valence-electron chi connectivity index (χ3n) is 4.29. The SMILES string of the molecule is CN(C)C1(CNS(=O)(=O)c2cnn(CCCO)c2)CCC1. The lowest BCUT2D eigenvalue weighted by Gasteiger charge is -2.47. The molecule has 0 aliphatic heterocycles. The van der Waals surface area contributed by atoms with E-state index in [0.29, 0.717) is 19.5 Å². The lowest BCUT2D eigenvalue weighted by molar-refractivity contribution is 0.0657. The molecule has 7 nitrogen and oxygen atoms in total. The second-order valence-corrected chi connectivity index (χ2v) is 7.58. The smallest absolute Gasteiger partial charge is 0.243 e. The summed E-state index contributed by atoms with van der Waals surface area (Å²) in [4.78, 5) is 2.28. The van der Waals surface area contributed by atoms with Crippen molar-refractivity contribution in [1.82, 2.24) is 19.4 Å². The molecule has 0 radical (unpaired) electrons. The fraction of sp³-hybridized carbons (Fsp3) is 0.769. The van der Waals surface area contributed by atoms with Gasteiger partial charge in [0.15, 0.2) is 0 Å². The van der Waals surface area contributed by atoms with Gasteiger partial charge in [0.2, 0.25) is 10.0 Å². The van der Waals surface area contributed by atoms with Crippen LogP contribution in [0.1, 0.15) is 25.7 Å². The van der Waals surface area contributed by atoms with Crippen molar-refractivity contribution in [2.75, 3.05) is 27.2 Å². The summed E-state index contributed by atoms with van der Waals surface area (Å²) in [7, 11) is 0.443. The van der Waals surface area contributed by atoms with Crippen molar-refractivity contribution in [2.24, 2.45) is 0 Å². The predicted octanol–water partition coefficient (Wildman–Crippen LogP) is 0.0281. The fourth-order valence-corrected chi connectivity index (χ4v) is 3.59. The van der Waals surface area contributed by atoms with Crippen LogP contribution in [-0.2, 0) is 16.6 Å². The zero-order chi connectivity index (χ0) is 15.5. The number of nitrogens with one attached hydrogen (secondary N) is 1. The largest absolute Gasteiger partial charge is 0.396 e. The fourth-order valence-electron chi connectivity index (χ4n) is 2.52. The number of likely N-dealkylation sites (N-methyl/N-ethyl adjacent to an activating group) is 1. The standard InChI is InChI=1S/C13H24N4O3S/c1-16(2)13(5-3-6-13)11-15-21(19,20)12-9-14-17(10-12)7-4-8-18/h9-10,15,18H,3-8,11H2,1-2H3. The van der Waals surface area contributed by atoms with Gasteiger partial charge in [-0.05, 0) is 39.8 Å². The Kier molecular flexibility index (Phi) is 5.03. The first kappa shape index (κ1) is 16.4. The topological polar surface area (TPSA) is 87.5 Å². The van der Waals surface area contributed by atoms with Crippen LogP contribution in [0.15, 0.2) is 17.3 Å². The zero-order valence-corrected chi connectivity index (χ0v) is 13.4. The Morgan fingerprint density at radius 2 is 2.19 bits per heavy atom. The Hall–Kier alpha value is -0.960. The molecule has 1 heterocycles. The Morgan fingerprint density at radius 3 is 2.71 bits per heavy atom. The first-order valence-electron chi connectivity index (χ1n) is 7.20. The lowest BCUT2D eigenvalue weighted by Crippen LogP contribution is -2.57. The number of aliphatic hydroxyl groups is 1. The maximum atomic E-state index is 12.3. The molecule has 0 spiro atoms. The molecular formula is C13H24N4O3S. The van der Waals surface area contributed by atoms with E-state index in [1.165, 1.54) is 17.1 Å². The molecule has 21 heavy (non-hydrogen) atoms. The van der Waals surface area contributed by atoms with Crippen molar-refractivity contribution in [1.29, 1.82) is 0 Å². The molecule has 1 fully saturated rings. The number of aromatic nitrogens is 2. The highest BCUT2D eigenvalue weighted by molar-refractivity contribution is 7.89. The van der Waals surface area contributed by atoms with E-state index < -0.39 is 10.0 Å². The van der Waals surface area contributed by atoms with E-state index in [1.54, 1.807) is 0 Å². The Labute approximate surface area is 126 Å². The van der Waals surface area contributed by atoms with Crippen molar-refractivity contribution in [2.45, 2.75) is 42.7 Å². The van der Waals surface area contributed by atoms with Gasteiger partial charge in [-0.3, -0.25) is 4.68 Å². The first-order valence-corrected chi connectivity index (χ1v) is 8.68. The van der Waals surface area contributed by atoms with Gasteiger partial charge in [-0.15, -0.1) is 0 Å². The van der Waals surface area contributed by atoms with Crippen LogP contribution in [0.25, 0.3) is 0 Å². The predicted molar refractivity (Wildman–Crippen MR) is 79.4 cm³/mol. The minimum Gasteiger partial charge on any atom is -0.396 e. The lowest BCUT2D eigenvalue weighted by atomic mass is 9.76. The van der Waals surface area contributed by atoms with Crippen LogP contribution in [0.3, 0.4) is 0 Å². The highest BCUT2D eigenvalue weighted by Crippen LogP contribution is 2.35. The third-order valence-corrected chi connectivity index (χ3v) is 5.65. The van der Waals surface area contributed by atoms with E-state index >= 15 is 0 Å². The Bertz CT molecular complexity index is 564. The van der Waals surface area contributed by atoms with Gasteiger partial charge in [0.1, 0.15) is 4.90 Å². The maximum absolute atomic E-state index is 12.3. The van der Waals surface area contributed by atoms with Gasteiger partial charge >= 0.3 is 0 Å². The van der Waals surface area contributed by atoms with E-state index in [0.717, 1.165) is 19.3 Å². The summed E-state index contributed by atoms with van der Waals surface area (Å²) in [5.74, 6) is 0. The van der Waals surface area contributed by atoms with Gasteiger partial charge in [0.25, 0.3) is 0 Å². The molecule has 0 amide bonds. The van der Waals surface area contributed by atoms with E-state index in [2.05, 4.69) is 14.7 Å². The Balaban J connectivity index is 2.00. The van der Waals surface area contributed by atoms with Crippen LogP contribution in [-0.4, -0.2) is 61.0 Å². The van der Waals surface area contributed by atoms with E-state index in [4.69, 9.17) is 5.11 Å². The molecule has 1 aliphatic rings. The normalized spacial score (nSPS) is 17.9. The molecule has 0 bridgehead atoms. The maximum Gasteiger partial charge on any atom is 0.243 e. The second kappa shape index (κ2) is 6.43. The summed E-state index contributed by atoms with van der Waals surface area (Å²) >= 11 is 0. The van der Waals surface area contributed by atoms with Gasteiger partial charge in [-0.25, -0.2) is 13.1 Å².